The zero-order chi connectivity index (χ0) is 14.0. The summed E-state index contributed by atoms with van der Waals surface area (Å²) < 4.78 is 5.25. The first-order valence-corrected chi connectivity index (χ1v) is 6.35. The molecule has 2 N–H and O–H groups in total. The van der Waals surface area contributed by atoms with Crippen LogP contribution in [0.15, 0.2) is 18.2 Å². The van der Waals surface area contributed by atoms with Crippen molar-refractivity contribution in [3.05, 3.63) is 29.3 Å². The van der Waals surface area contributed by atoms with Crippen molar-refractivity contribution in [3.63, 3.8) is 0 Å². The lowest BCUT2D eigenvalue weighted by Gasteiger charge is -2.38. The van der Waals surface area contributed by atoms with Crippen molar-refractivity contribution < 1.29 is 14.6 Å². The molecule has 5 nitrogen and oxygen atoms in total. The highest BCUT2D eigenvalue weighted by molar-refractivity contribution is 5.75. The lowest BCUT2D eigenvalue weighted by molar-refractivity contribution is -0.141. The molecule has 19 heavy (non-hydrogen) atoms. The second-order valence-corrected chi connectivity index (χ2v) is 4.84. The number of nitrogens with zero attached hydrogens (tertiary/aromatic N) is 1. The topological polar surface area (TPSA) is 61.8 Å². The fourth-order valence-electron chi connectivity index (χ4n) is 2.73. The molecule has 0 fully saturated rings. The number of likely N-dealkylation sites (N-methyl/N-ethyl adjacent to an activating group) is 2. The SMILES string of the molecule is CNC(C(=O)O)C1c2cc(OC)ccc2CCN1C. The fourth-order valence-corrected chi connectivity index (χ4v) is 2.73. The molecule has 0 saturated heterocycles. The molecule has 0 radical (unpaired) electrons. The van der Waals surface area contributed by atoms with Crippen LogP contribution in [0, 0.1) is 0 Å². The number of carboxylic acid groups (broad SMARTS) is 1. The smallest absolute Gasteiger partial charge is 0.322 e. The van der Waals surface area contributed by atoms with Crippen LogP contribution in [-0.4, -0.2) is 49.8 Å². The number of carbonyl (C=O) groups is 1. The van der Waals surface area contributed by atoms with Gasteiger partial charge in [0.1, 0.15) is 11.8 Å². The second kappa shape index (κ2) is 5.59. The van der Waals surface area contributed by atoms with Crippen LogP contribution in [0.3, 0.4) is 0 Å². The maximum absolute atomic E-state index is 11.4. The molecule has 1 aromatic rings. The van der Waals surface area contributed by atoms with E-state index in [4.69, 9.17) is 4.74 Å². The van der Waals surface area contributed by atoms with Crippen molar-refractivity contribution in [2.75, 3.05) is 27.7 Å². The maximum atomic E-state index is 11.4. The Balaban J connectivity index is 2.46. The van der Waals surface area contributed by atoms with E-state index in [1.54, 1.807) is 14.2 Å². The minimum absolute atomic E-state index is 0.179. The zero-order valence-corrected chi connectivity index (χ0v) is 11.5. The van der Waals surface area contributed by atoms with E-state index in [2.05, 4.69) is 10.2 Å². The van der Waals surface area contributed by atoms with Gasteiger partial charge < -0.3 is 15.2 Å². The fraction of sp³-hybridized carbons (Fsp3) is 0.500. The molecule has 0 bridgehead atoms. The lowest BCUT2D eigenvalue weighted by atomic mass is 9.88. The summed E-state index contributed by atoms with van der Waals surface area (Å²) in [7, 11) is 5.26. The molecule has 1 aliphatic heterocycles. The van der Waals surface area contributed by atoms with Gasteiger partial charge in [-0.1, -0.05) is 6.07 Å². The second-order valence-electron chi connectivity index (χ2n) is 4.84. The van der Waals surface area contributed by atoms with Crippen molar-refractivity contribution in [1.82, 2.24) is 10.2 Å². The Labute approximate surface area is 113 Å². The minimum Gasteiger partial charge on any atom is -0.497 e. The van der Waals surface area contributed by atoms with Crippen LogP contribution in [-0.2, 0) is 11.2 Å². The largest absolute Gasteiger partial charge is 0.497 e. The van der Waals surface area contributed by atoms with Crippen LogP contribution in [0.2, 0.25) is 0 Å². The Bertz CT molecular complexity index is 476. The van der Waals surface area contributed by atoms with E-state index in [0.29, 0.717) is 0 Å². The van der Waals surface area contributed by atoms with Gasteiger partial charge in [-0.15, -0.1) is 0 Å². The molecule has 0 aromatic heterocycles. The van der Waals surface area contributed by atoms with E-state index < -0.39 is 12.0 Å². The monoisotopic (exact) mass is 264 g/mol. The van der Waals surface area contributed by atoms with E-state index in [1.165, 1.54) is 5.56 Å². The molecule has 2 unspecified atom stereocenters. The third-order valence-electron chi connectivity index (χ3n) is 3.77. The third kappa shape index (κ3) is 2.57. The number of ether oxygens (including phenoxy) is 1. The Morgan fingerprint density at radius 1 is 1.58 bits per heavy atom. The number of carboxylic acids is 1. The third-order valence-corrected chi connectivity index (χ3v) is 3.77. The molecule has 2 atom stereocenters. The van der Waals surface area contributed by atoms with Crippen LogP contribution in [0.5, 0.6) is 5.75 Å². The Kier molecular flexibility index (Phi) is 4.07. The average molecular weight is 264 g/mol. The van der Waals surface area contributed by atoms with Gasteiger partial charge in [-0.25, -0.2) is 0 Å². The summed E-state index contributed by atoms with van der Waals surface area (Å²) in [6, 6.07) is 5.10. The minimum atomic E-state index is -0.838. The molecule has 1 aliphatic rings. The number of rotatable bonds is 4. The van der Waals surface area contributed by atoms with Crippen LogP contribution in [0.1, 0.15) is 17.2 Å². The van der Waals surface area contributed by atoms with Crippen LogP contribution < -0.4 is 10.1 Å². The first-order valence-electron chi connectivity index (χ1n) is 6.35. The van der Waals surface area contributed by atoms with Gasteiger partial charge in [-0.05, 0) is 43.8 Å². The normalized spacial score (nSPS) is 20.7. The van der Waals surface area contributed by atoms with Gasteiger partial charge in [0.15, 0.2) is 0 Å². The van der Waals surface area contributed by atoms with Gasteiger partial charge in [0.2, 0.25) is 0 Å². The molecule has 2 rings (SSSR count). The first kappa shape index (κ1) is 13.8. The van der Waals surface area contributed by atoms with Crippen molar-refractivity contribution in [1.29, 1.82) is 0 Å². The van der Waals surface area contributed by atoms with Gasteiger partial charge >= 0.3 is 5.97 Å². The molecule has 0 spiro atoms. The van der Waals surface area contributed by atoms with E-state index >= 15 is 0 Å². The van der Waals surface area contributed by atoms with E-state index in [0.717, 1.165) is 24.3 Å². The molecule has 0 amide bonds. The maximum Gasteiger partial charge on any atom is 0.322 e. The first-order chi connectivity index (χ1) is 9.08. The molecule has 0 aliphatic carbocycles. The predicted molar refractivity (Wildman–Crippen MR) is 72.6 cm³/mol. The highest BCUT2D eigenvalue weighted by Gasteiger charge is 2.35. The lowest BCUT2D eigenvalue weighted by Crippen LogP contribution is -2.48. The summed E-state index contributed by atoms with van der Waals surface area (Å²) in [4.78, 5) is 13.5. The van der Waals surface area contributed by atoms with Crippen LogP contribution in [0.25, 0.3) is 0 Å². The van der Waals surface area contributed by atoms with E-state index in [-0.39, 0.29) is 6.04 Å². The Morgan fingerprint density at radius 2 is 2.32 bits per heavy atom. The number of fused-ring (bicyclic) bond motifs is 1. The highest BCUT2D eigenvalue weighted by Crippen LogP contribution is 2.33. The number of benzene rings is 1. The van der Waals surface area contributed by atoms with Crippen molar-refractivity contribution in [2.45, 2.75) is 18.5 Å². The van der Waals surface area contributed by atoms with Crippen LogP contribution >= 0.6 is 0 Å². The van der Waals surface area contributed by atoms with Crippen LogP contribution in [0.4, 0.5) is 0 Å². The Hall–Kier alpha value is -1.59. The van der Waals surface area contributed by atoms with Gasteiger partial charge in [-0.2, -0.15) is 0 Å². The summed E-state index contributed by atoms with van der Waals surface area (Å²) in [5.74, 6) is -0.0747. The number of aliphatic carboxylic acids is 1. The summed E-state index contributed by atoms with van der Waals surface area (Å²) in [5.41, 5.74) is 2.24. The quantitative estimate of drug-likeness (QED) is 0.846. The highest BCUT2D eigenvalue weighted by atomic mass is 16.5. The summed E-state index contributed by atoms with van der Waals surface area (Å²) in [6.07, 6.45) is 0.933. The van der Waals surface area contributed by atoms with Crippen molar-refractivity contribution in [2.24, 2.45) is 0 Å². The average Bonchev–Trinajstić information content (AvgIpc) is 2.41. The van der Waals surface area contributed by atoms with Crippen molar-refractivity contribution in [3.8, 4) is 5.75 Å². The standard InChI is InChI=1S/C14H20N2O3/c1-15-12(14(17)18)13-11-8-10(19-3)5-4-9(11)6-7-16(13)2/h4-5,8,12-13,15H,6-7H2,1-3H3,(H,17,18). The van der Waals surface area contributed by atoms with Gasteiger partial charge in [0, 0.05) is 6.54 Å². The number of methoxy groups -OCH3 is 1. The molecule has 5 heteroatoms. The van der Waals surface area contributed by atoms with Crippen molar-refractivity contribution >= 4 is 5.97 Å². The van der Waals surface area contributed by atoms with Gasteiger partial charge in [0.05, 0.1) is 13.2 Å². The van der Waals surface area contributed by atoms with Gasteiger partial charge in [0.25, 0.3) is 0 Å². The molecular weight excluding hydrogens is 244 g/mol. The Morgan fingerprint density at radius 3 is 2.89 bits per heavy atom. The van der Waals surface area contributed by atoms with Gasteiger partial charge in [-0.3, -0.25) is 9.69 Å². The predicted octanol–water partition coefficient (Wildman–Crippen LogP) is 0.897. The number of hydrogen-bond donors (Lipinski definition) is 2. The molecular formula is C14H20N2O3. The molecule has 1 heterocycles. The van der Waals surface area contributed by atoms with E-state index in [9.17, 15) is 9.90 Å². The number of hydrogen-bond acceptors (Lipinski definition) is 4. The summed E-state index contributed by atoms with van der Waals surface area (Å²) in [6.45, 7) is 0.857. The summed E-state index contributed by atoms with van der Waals surface area (Å²) in [5, 5.41) is 12.3. The zero-order valence-electron chi connectivity index (χ0n) is 11.5. The number of nitrogens with one attached hydrogen (secondary N) is 1. The molecule has 104 valence electrons. The summed E-state index contributed by atoms with van der Waals surface area (Å²) >= 11 is 0. The molecule has 1 aromatic carbocycles. The van der Waals surface area contributed by atoms with E-state index in [1.807, 2.05) is 25.2 Å². The molecule has 0 saturated carbocycles.